The van der Waals surface area contributed by atoms with Gasteiger partial charge in [0.1, 0.15) is 17.9 Å². The van der Waals surface area contributed by atoms with Crippen LogP contribution in [0.4, 0.5) is 4.79 Å². The molecular weight excluding hydrogens is 586 g/mol. The number of aliphatic carboxylic acids is 1. The van der Waals surface area contributed by atoms with Gasteiger partial charge in [-0.05, 0) is 68.4 Å². The number of hydrogen-bond acceptors (Lipinski definition) is 6. The average molecular weight is 640 g/mol. The van der Waals surface area contributed by atoms with Gasteiger partial charge in [-0.15, -0.1) is 0 Å². The molecule has 0 aromatic heterocycles. The normalized spacial score (nSPS) is 25.4. The molecule has 3 aliphatic rings. The molecule has 4 rings (SSSR count). The summed E-state index contributed by atoms with van der Waals surface area (Å²) in [5, 5.41) is 15.2. The number of benzene rings is 1. The molecule has 2 fully saturated rings. The van der Waals surface area contributed by atoms with Crippen LogP contribution in [-0.2, 0) is 20.8 Å². The third-order valence-corrected chi connectivity index (χ3v) is 10.3. The van der Waals surface area contributed by atoms with Crippen LogP contribution in [0.1, 0.15) is 108 Å². The van der Waals surface area contributed by atoms with Crippen molar-refractivity contribution in [3.63, 3.8) is 0 Å². The van der Waals surface area contributed by atoms with Crippen molar-refractivity contribution in [1.82, 2.24) is 20.4 Å². The maximum absolute atomic E-state index is 13.8. The summed E-state index contributed by atoms with van der Waals surface area (Å²) >= 11 is 0. The first-order valence-corrected chi connectivity index (χ1v) is 16.9. The van der Waals surface area contributed by atoms with E-state index in [-0.39, 0.29) is 29.2 Å². The summed E-state index contributed by atoms with van der Waals surface area (Å²) < 4.78 is 0. The van der Waals surface area contributed by atoms with Crippen LogP contribution in [0.15, 0.2) is 24.3 Å². The summed E-state index contributed by atoms with van der Waals surface area (Å²) in [5.74, 6) is -1.18. The third-order valence-electron chi connectivity index (χ3n) is 10.3. The molecule has 1 saturated carbocycles. The van der Waals surface area contributed by atoms with Crippen molar-refractivity contribution in [2.24, 2.45) is 17.1 Å². The molecule has 2 unspecified atom stereocenters. The van der Waals surface area contributed by atoms with Crippen LogP contribution < -0.4 is 16.4 Å². The number of urea groups is 1. The molecule has 0 radical (unpaired) electrons. The third kappa shape index (κ3) is 8.27. The van der Waals surface area contributed by atoms with Gasteiger partial charge < -0.3 is 36.1 Å². The van der Waals surface area contributed by atoms with Gasteiger partial charge in [-0.2, -0.15) is 0 Å². The summed E-state index contributed by atoms with van der Waals surface area (Å²) in [4.78, 5) is 67.2. The SMILES string of the molecule is CC(C)(C)[C@@H](CN1CCc2ccccc2C1=O)NC(=O)N[C@@H](CCCCCCCC1C[C@]1(N)C(=O)O)C(=O)N1CCCC1(C)C=O. The lowest BCUT2D eigenvalue weighted by Crippen LogP contribution is -2.59. The Labute approximate surface area is 273 Å². The molecule has 1 aromatic carbocycles. The first-order valence-electron chi connectivity index (χ1n) is 16.9. The molecule has 1 saturated heterocycles. The second-order valence-corrected chi connectivity index (χ2v) is 14.9. The number of fused-ring (bicyclic) bond motifs is 1. The van der Waals surface area contributed by atoms with Crippen molar-refractivity contribution in [3.05, 3.63) is 35.4 Å². The predicted molar refractivity (Wildman–Crippen MR) is 175 cm³/mol. The molecule has 11 heteroatoms. The number of rotatable bonds is 15. The van der Waals surface area contributed by atoms with Gasteiger partial charge in [0, 0.05) is 25.2 Å². The highest BCUT2D eigenvalue weighted by atomic mass is 16.4. The Morgan fingerprint density at radius 3 is 2.46 bits per heavy atom. The summed E-state index contributed by atoms with van der Waals surface area (Å²) in [7, 11) is 0. The minimum Gasteiger partial charge on any atom is -0.480 e. The lowest BCUT2D eigenvalue weighted by molar-refractivity contribution is -0.140. The predicted octanol–water partition coefficient (Wildman–Crippen LogP) is 3.88. The highest BCUT2D eigenvalue weighted by molar-refractivity contribution is 5.97. The molecule has 0 spiro atoms. The molecule has 46 heavy (non-hydrogen) atoms. The van der Waals surface area contributed by atoms with E-state index in [0.717, 1.165) is 56.8 Å². The zero-order valence-electron chi connectivity index (χ0n) is 28.0. The van der Waals surface area contributed by atoms with Gasteiger partial charge in [-0.1, -0.05) is 71.1 Å². The van der Waals surface area contributed by atoms with E-state index in [9.17, 15) is 29.1 Å². The van der Waals surface area contributed by atoms with Gasteiger partial charge in [0.05, 0.1) is 11.6 Å². The Kier molecular flexibility index (Phi) is 11.2. The number of aldehydes is 1. The number of nitrogens with zero attached hydrogens (tertiary/aromatic N) is 2. The van der Waals surface area contributed by atoms with Gasteiger partial charge in [0.2, 0.25) is 5.91 Å². The maximum Gasteiger partial charge on any atom is 0.323 e. The minimum absolute atomic E-state index is 0.0445. The van der Waals surface area contributed by atoms with Crippen LogP contribution in [0.25, 0.3) is 0 Å². The van der Waals surface area contributed by atoms with Crippen molar-refractivity contribution in [3.8, 4) is 0 Å². The van der Waals surface area contributed by atoms with E-state index in [1.807, 2.05) is 45.0 Å². The number of likely N-dealkylation sites (tertiary alicyclic amines) is 1. The Hall–Kier alpha value is -3.47. The quantitative estimate of drug-likeness (QED) is 0.167. The van der Waals surface area contributed by atoms with Crippen LogP contribution >= 0.6 is 0 Å². The lowest BCUT2D eigenvalue weighted by atomic mass is 9.85. The highest BCUT2D eigenvalue weighted by Crippen LogP contribution is 2.44. The fraction of sp³-hybridized carbons (Fsp3) is 0.686. The number of unbranched alkanes of at least 4 members (excludes halogenated alkanes) is 4. The summed E-state index contributed by atoms with van der Waals surface area (Å²) in [6.45, 7) is 9.20. The molecule has 2 heterocycles. The van der Waals surface area contributed by atoms with Crippen LogP contribution in [0.3, 0.4) is 0 Å². The molecular formula is C35H53N5O6. The minimum atomic E-state index is -1.05. The lowest BCUT2D eigenvalue weighted by Gasteiger charge is -2.38. The van der Waals surface area contributed by atoms with E-state index in [1.54, 1.807) is 16.7 Å². The van der Waals surface area contributed by atoms with Crippen LogP contribution in [-0.4, -0.2) is 87.8 Å². The second kappa shape index (κ2) is 14.5. The number of nitrogens with one attached hydrogen (secondary N) is 2. The monoisotopic (exact) mass is 639 g/mol. The van der Waals surface area contributed by atoms with E-state index >= 15 is 0 Å². The maximum atomic E-state index is 13.8. The first kappa shape index (κ1) is 35.4. The van der Waals surface area contributed by atoms with Gasteiger partial charge >= 0.3 is 12.0 Å². The molecule has 254 valence electrons. The molecule has 1 aromatic rings. The Balaban J connectivity index is 1.34. The van der Waals surface area contributed by atoms with Crippen molar-refractivity contribution < 1.29 is 29.1 Å². The molecule has 5 atom stereocenters. The number of amides is 4. The van der Waals surface area contributed by atoms with Crippen LogP contribution in [0, 0.1) is 11.3 Å². The standard InChI is InChI=1S/C35H53N5O6/c1-33(2,3)28(22-39-20-17-24-13-10-11-15-26(24)29(39)42)38-32(46)37-27(30(43)40-19-12-18-34(40,4)23-41)16-9-7-5-6-8-14-25-21-35(25,36)31(44)45/h10-11,13,15,23,25,27-28H,5-9,12,14,16-22,36H2,1-4H3,(H,44,45)(H2,37,38,46)/t25?,27-,28+,34?,35+/m0/s1. The molecule has 0 bridgehead atoms. The Bertz CT molecular complexity index is 1300. The number of carboxylic acid groups (broad SMARTS) is 1. The number of carboxylic acids is 1. The highest BCUT2D eigenvalue weighted by Gasteiger charge is 2.56. The number of carbonyl (C=O) groups excluding carboxylic acids is 4. The second-order valence-electron chi connectivity index (χ2n) is 14.9. The molecule has 5 N–H and O–H groups in total. The van der Waals surface area contributed by atoms with Gasteiger partial charge in [0.25, 0.3) is 5.91 Å². The smallest absolute Gasteiger partial charge is 0.323 e. The fourth-order valence-electron chi connectivity index (χ4n) is 6.92. The van der Waals surface area contributed by atoms with Crippen molar-refractivity contribution >= 4 is 30.1 Å². The van der Waals surface area contributed by atoms with E-state index in [2.05, 4.69) is 10.6 Å². The van der Waals surface area contributed by atoms with E-state index in [1.165, 1.54) is 0 Å². The van der Waals surface area contributed by atoms with Gasteiger partial charge in [-0.25, -0.2) is 4.79 Å². The molecule has 11 nitrogen and oxygen atoms in total. The zero-order chi connectivity index (χ0) is 33.7. The van der Waals surface area contributed by atoms with E-state index in [4.69, 9.17) is 5.73 Å². The first-order chi connectivity index (χ1) is 21.7. The van der Waals surface area contributed by atoms with Gasteiger partial charge in [-0.3, -0.25) is 14.4 Å². The molecule has 2 aliphatic heterocycles. The summed E-state index contributed by atoms with van der Waals surface area (Å²) in [5.41, 5.74) is 5.31. The Morgan fingerprint density at radius 2 is 1.78 bits per heavy atom. The molecule has 1 aliphatic carbocycles. The molecule has 4 amide bonds. The van der Waals surface area contributed by atoms with E-state index in [0.29, 0.717) is 50.9 Å². The summed E-state index contributed by atoms with van der Waals surface area (Å²) in [6, 6.07) is 5.99. The number of hydrogen-bond donors (Lipinski definition) is 4. The van der Waals surface area contributed by atoms with Crippen LogP contribution in [0.2, 0.25) is 0 Å². The fourth-order valence-corrected chi connectivity index (χ4v) is 6.92. The summed E-state index contributed by atoms with van der Waals surface area (Å²) in [6.07, 6.45) is 9.04. The van der Waals surface area contributed by atoms with Crippen LogP contribution in [0.5, 0.6) is 0 Å². The van der Waals surface area contributed by atoms with Gasteiger partial charge in [0.15, 0.2) is 0 Å². The largest absolute Gasteiger partial charge is 0.480 e. The van der Waals surface area contributed by atoms with Crippen molar-refractivity contribution in [2.45, 2.75) is 121 Å². The Morgan fingerprint density at radius 1 is 1.09 bits per heavy atom. The topological polar surface area (TPSA) is 162 Å². The van der Waals surface area contributed by atoms with E-state index < -0.39 is 29.1 Å². The number of nitrogens with two attached hydrogens (primary N) is 1. The van der Waals surface area contributed by atoms with Crippen molar-refractivity contribution in [2.75, 3.05) is 19.6 Å². The zero-order valence-corrected chi connectivity index (χ0v) is 28.0. The average Bonchev–Trinajstić information content (AvgIpc) is 3.52. The van der Waals surface area contributed by atoms with Crippen molar-refractivity contribution in [1.29, 1.82) is 0 Å². The number of carbonyl (C=O) groups is 5.